The number of nitrogens with zero attached hydrogens (tertiary/aromatic N) is 2. The minimum absolute atomic E-state index is 0.120. The highest BCUT2D eigenvalue weighted by atomic mass is 16.5. The Kier molecular flexibility index (Phi) is 4.86. The molecule has 0 fully saturated rings. The first-order valence-corrected chi connectivity index (χ1v) is 7.90. The zero-order chi connectivity index (χ0) is 18.5. The third-order valence-corrected chi connectivity index (χ3v) is 3.90. The van der Waals surface area contributed by atoms with Crippen LogP contribution in [0.25, 0.3) is 0 Å². The number of rotatable bonds is 4. The minimum atomic E-state index is -0.245. The molecule has 3 rings (SSSR count). The molecule has 0 aliphatic heterocycles. The van der Waals surface area contributed by atoms with Gasteiger partial charge in [0.05, 0.1) is 18.7 Å². The van der Waals surface area contributed by atoms with Crippen molar-refractivity contribution in [3.05, 3.63) is 83.9 Å². The van der Waals surface area contributed by atoms with Crippen LogP contribution in [0.2, 0.25) is 0 Å². The smallest absolute Gasteiger partial charge is 0.262 e. The van der Waals surface area contributed by atoms with Crippen LogP contribution >= 0.6 is 0 Å². The lowest BCUT2D eigenvalue weighted by atomic mass is 10.1. The molecule has 3 aromatic carbocycles. The molecule has 0 saturated heterocycles. The van der Waals surface area contributed by atoms with Crippen molar-refractivity contribution in [1.29, 1.82) is 5.26 Å². The molecule has 0 atom stereocenters. The first-order chi connectivity index (χ1) is 12.6. The fourth-order valence-corrected chi connectivity index (χ4v) is 2.53. The van der Waals surface area contributed by atoms with Crippen LogP contribution in [0.1, 0.15) is 15.9 Å². The molecule has 5 nitrogen and oxygen atoms in total. The van der Waals surface area contributed by atoms with Gasteiger partial charge >= 0.3 is 0 Å². The number of phenolic OH excluding ortho intramolecular Hbond substituents is 1. The average Bonchev–Trinajstić information content (AvgIpc) is 2.70. The van der Waals surface area contributed by atoms with Gasteiger partial charge < -0.3 is 9.84 Å². The summed E-state index contributed by atoms with van der Waals surface area (Å²) >= 11 is 0. The molecule has 0 aliphatic carbocycles. The van der Waals surface area contributed by atoms with E-state index in [0.717, 1.165) is 0 Å². The summed E-state index contributed by atoms with van der Waals surface area (Å²) < 4.78 is 5.17. The molecule has 0 bridgehead atoms. The fraction of sp³-hybridized carbons (Fsp3) is 0.0476. The number of benzene rings is 3. The predicted octanol–water partition coefficient (Wildman–Crippen LogP) is 4.25. The zero-order valence-electron chi connectivity index (χ0n) is 14.1. The standard InChI is InChI=1S/C21H16N2O3/c1-26-20-12-8-18(9-13-20)23(17-6-10-19(24)11-7-17)21(25)16-4-2-15(14-22)3-5-16/h2-13,24H,1H3. The van der Waals surface area contributed by atoms with Crippen LogP contribution in [0.5, 0.6) is 11.5 Å². The lowest BCUT2D eigenvalue weighted by Crippen LogP contribution is -2.25. The Morgan fingerprint density at radius 1 is 0.923 bits per heavy atom. The number of carbonyl (C=O) groups is 1. The van der Waals surface area contributed by atoms with Gasteiger partial charge in [0.25, 0.3) is 5.91 Å². The Balaban J connectivity index is 2.05. The van der Waals surface area contributed by atoms with Gasteiger partial charge in [-0.2, -0.15) is 5.26 Å². The van der Waals surface area contributed by atoms with Crippen LogP contribution in [0.3, 0.4) is 0 Å². The topological polar surface area (TPSA) is 73.6 Å². The predicted molar refractivity (Wildman–Crippen MR) is 98.7 cm³/mol. The van der Waals surface area contributed by atoms with Crippen LogP contribution in [0.15, 0.2) is 72.8 Å². The number of phenols is 1. The number of anilines is 2. The van der Waals surface area contributed by atoms with Gasteiger partial charge in [-0.1, -0.05) is 0 Å². The third-order valence-electron chi connectivity index (χ3n) is 3.90. The highest BCUT2D eigenvalue weighted by Gasteiger charge is 2.20. The molecule has 0 spiro atoms. The SMILES string of the molecule is COc1ccc(N(C(=O)c2ccc(C#N)cc2)c2ccc(O)cc2)cc1. The number of nitriles is 1. The van der Waals surface area contributed by atoms with E-state index in [0.29, 0.717) is 28.3 Å². The number of hydrogen-bond donors (Lipinski definition) is 1. The van der Waals surface area contributed by atoms with Crippen molar-refractivity contribution in [3.63, 3.8) is 0 Å². The Morgan fingerprint density at radius 3 is 1.96 bits per heavy atom. The number of aromatic hydroxyl groups is 1. The van der Waals surface area contributed by atoms with Crippen molar-refractivity contribution >= 4 is 17.3 Å². The summed E-state index contributed by atoms with van der Waals surface area (Å²) in [5, 5.41) is 18.5. The third kappa shape index (κ3) is 3.50. The minimum Gasteiger partial charge on any atom is -0.508 e. The Hall–Kier alpha value is -3.78. The van der Waals surface area contributed by atoms with Gasteiger partial charge in [0.2, 0.25) is 0 Å². The van der Waals surface area contributed by atoms with E-state index < -0.39 is 0 Å². The van der Waals surface area contributed by atoms with Crippen LogP contribution in [-0.4, -0.2) is 18.1 Å². The molecule has 5 heteroatoms. The van der Waals surface area contributed by atoms with E-state index in [2.05, 4.69) is 0 Å². The van der Waals surface area contributed by atoms with Gasteiger partial charge in [-0.05, 0) is 72.8 Å². The van der Waals surface area contributed by atoms with Crippen LogP contribution < -0.4 is 9.64 Å². The van der Waals surface area contributed by atoms with E-state index in [1.54, 1.807) is 72.7 Å². The van der Waals surface area contributed by atoms with Crippen molar-refractivity contribution in [2.75, 3.05) is 12.0 Å². The Morgan fingerprint density at radius 2 is 1.46 bits per heavy atom. The number of amides is 1. The fourth-order valence-electron chi connectivity index (χ4n) is 2.53. The summed E-state index contributed by atoms with van der Waals surface area (Å²) in [4.78, 5) is 14.7. The Labute approximate surface area is 151 Å². The molecule has 0 aliphatic rings. The van der Waals surface area contributed by atoms with Gasteiger partial charge in [-0.15, -0.1) is 0 Å². The monoisotopic (exact) mass is 344 g/mol. The van der Waals surface area contributed by atoms with E-state index in [1.165, 1.54) is 12.1 Å². The van der Waals surface area contributed by atoms with Crippen LogP contribution in [0.4, 0.5) is 11.4 Å². The number of ether oxygens (including phenoxy) is 1. The molecule has 128 valence electrons. The molecular weight excluding hydrogens is 328 g/mol. The van der Waals surface area contributed by atoms with E-state index in [9.17, 15) is 9.90 Å². The Bertz CT molecular complexity index is 941. The molecule has 1 amide bonds. The van der Waals surface area contributed by atoms with E-state index in [1.807, 2.05) is 6.07 Å². The first-order valence-electron chi connectivity index (χ1n) is 7.90. The maximum absolute atomic E-state index is 13.1. The second-order valence-electron chi connectivity index (χ2n) is 5.54. The lowest BCUT2D eigenvalue weighted by molar-refractivity contribution is 0.0999. The van der Waals surface area contributed by atoms with Crippen LogP contribution in [0, 0.1) is 11.3 Å². The molecule has 0 unspecified atom stereocenters. The van der Waals surface area contributed by atoms with Gasteiger partial charge in [0, 0.05) is 16.9 Å². The normalized spacial score (nSPS) is 10.0. The highest BCUT2D eigenvalue weighted by Crippen LogP contribution is 2.30. The van der Waals surface area contributed by atoms with Crippen molar-refractivity contribution < 1.29 is 14.6 Å². The van der Waals surface area contributed by atoms with Crippen LogP contribution in [-0.2, 0) is 0 Å². The van der Waals surface area contributed by atoms with Gasteiger partial charge in [-0.3, -0.25) is 9.69 Å². The first kappa shape index (κ1) is 17.1. The number of methoxy groups -OCH3 is 1. The molecule has 3 aromatic rings. The molecule has 0 saturated carbocycles. The largest absolute Gasteiger partial charge is 0.508 e. The van der Waals surface area contributed by atoms with Gasteiger partial charge in [0.1, 0.15) is 11.5 Å². The lowest BCUT2D eigenvalue weighted by Gasteiger charge is -2.23. The zero-order valence-corrected chi connectivity index (χ0v) is 14.1. The van der Waals surface area contributed by atoms with E-state index in [4.69, 9.17) is 10.00 Å². The maximum Gasteiger partial charge on any atom is 0.262 e. The molecule has 0 radical (unpaired) electrons. The summed E-state index contributed by atoms with van der Waals surface area (Å²) in [7, 11) is 1.58. The number of carbonyl (C=O) groups excluding carboxylic acids is 1. The molecular formula is C21H16N2O3. The second-order valence-corrected chi connectivity index (χ2v) is 5.54. The molecule has 1 N–H and O–H groups in total. The average molecular weight is 344 g/mol. The van der Waals surface area contributed by atoms with Crippen molar-refractivity contribution in [1.82, 2.24) is 0 Å². The summed E-state index contributed by atoms with van der Waals surface area (Å²) in [5.41, 5.74) is 2.21. The van der Waals surface area contributed by atoms with Crippen molar-refractivity contribution in [2.45, 2.75) is 0 Å². The van der Waals surface area contributed by atoms with Crippen molar-refractivity contribution in [3.8, 4) is 17.6 Å². The van der Waals surface area contributed by atoms with E-state index in [-0.39, 0.29) is 11.7 Å². The van der Waals surface area contributed by atoms with Crippen molar-refractivity contribution in [2.24, 2.45) is 0 Å². The summed E-state index contributed by atoms with van der Waals surface area (Å²) in [6, 6.07) is 22.0. The second kappa shape index (κ2) is 7.41. The summed E-state index contributed by atoms with van der Waals surface area (Å²) in [5.74, 6) is 0.560. The summed E-state index contributed by atoms with van der Waals surface area (Å²) in [6.45, 7) is 0. The molecule has 0 heterocycles. The maximum atomic E-state index is 13.1. The highest BCUT2D eigenvalue weighted by molar-refractivity contribution is 6.11. The quantitative estimate of drug-likeness (QED) is 0.768. The molecule has 26 heavy (non-hydrogen) atoms. The number of hydrogen-bond acceptors (Lipinski definition) is 4. The van der Waals surface area contributed by atoms with Gasteiger partial charge in [-0.25, -0.2) is 0 Å². The summed E-state index contributed by atoms with van der Waals surface area (Å²) in [6.07, 6.45) is 0. The molecule has 0 aromatic heterocycles. The van der Waals surface area contributed by atoms with Gasteiger partial charge in [0.15, 0.2) is 0 Å². The van der Waals surface area contributed by atoms with E-state index >= 15 is 0 Å².